The maximum absolute atomic E-state index is 12.2. The highest BCUT2D eigenvalue weighted by Gasteiger charge is 2.14. The first-order valence-corrected chi connectivity index (χ1v) is 8.21. The third-order valence-corrected chi connectivity index (χ3v) is 4.27. The van der Waals surface area contributed by atoms with Crippen molar-refractivity contribution in [1.82, 2.24) is 14.6 Å². The van der Waals surface area contributed by atoms with Crippen LogP contribution in [0.3, 0.4) is 0 Å². The predicted molar refractivity (Wildman–Crippen MR) is 82.6 cm³/mol. The summed E-state index contributed by atoms with van der Waals surface area (Å²) in [6.45, 7) is 0. The van der Waals surface area contributed by atoms with E-state index in [1.165, 1.54) is 23.0 Å². The van der Waals surface area contributed by atoms with Gasteiger partial charge in [0.15, 0.2) is 11.3 Å². The smallest absolute Gasteiger partial charge is 0.356 e. The quantitative estimate of drug-likeness (QED) is 0.729. The average Bonchev–Trinajstić information content (AvgIpc) is 2.90. The van der Waals surface area contributed by atoms with Crippen molar-refractivity contribution in [1.29, 1.82) is 0 Å². The summed E-state index contributed by atoms with van der Waals surface area (Å²) in [7, 11) is -3.61. The molecule has 2 N–H and O–H groups in total. The van der Waals surface area contributed by atoms with Gasteiger partial charge < -0.3 is 5.11 Å². The molecule has 0 amide bonds. The van der Waals surface area contributed by atoms with Crippen molar-refractivity contribution in [3.05, 3.63) is 60.0 Å². The summed E-state index contributed by atoms with van der Waals surface area (Å²) in [5.74, 6) is -1.35. The van der Waals surface area contributed by atoms with Crippen molar-refractivity contribution in [2.45, 2.75) is 5.75 Å². The number of aromatic carboxylic acids is 1. The number of carboxylic acids is 1. The molecule has 0 fully saturated rings. The number of benzene rings is 1. The molecule has 2 heterocycles. The summed E-state index contributed by atoms with van der Waals surface area (Å²) < 4.78 is 27.9. The van der Waals surface area contributed by atoms with E-state index in [0.29, 0.717) is 11.2 Å². The van der Waals surface area contributed by atoms with Crippen LogP contribution >= 0.6 is 0 Å². The molecule has 0 spiro atoms. The Morgan fingerprint density at radius 2 is 2.00 bits per heavy atom. The van der Waals surface area contributed by atoms with Crippen LogP contribution in [0.1, 0.15) is 16.1 Å². The average molecular weight is 332 g/mol. The summed E-state index contributed by atoms with van der Waals surface area (Å²) in [5, 5.41) is 12.7. The van der Waals surface area contributed by atoms with E-state index < -0.39 is 16.0 Å². The van der Waals surface area contributed by atoms with Crippen LogP contribution in [0.5, 0.6) is 0 Å². The maximum atomic E-state index is 12.2. The SMILES string of the molecule is O=C(O)c1cc2ncc(NS(=O)(=O)Cc3ccccc3)cn2n1. The Kier molecular flexibility index (Phi) is 3.70. The Bertz CT molecular complexity index is 967. The number of fused-ring (bicyclic) bond motifs is 1. The van der Waals surface area contributed by atoms with Crippen molar-refractivity contribution in [3.8, 4) is 0 Å². The van der Waals surface area contributed by atoms with E-state index >= 15 is 0 Å². The van der Waals surface area contributed by atoms with E-state index in [2.05, 4.69) is 14.8 Å². The van der Waals surface area contributed by atoms with E-state index in [1.807, 2.05) is 0 Å². The monoisotopic (exact) mass is 332 g/mol. The zero-order valence-corrected chi connectivity index (χ0v) is 12.6. The lowest BCUT2D eigenvalue weighted by atomic mass is 10.2. The molecule has 9 heteroatoms. The van der Waals surface area contributed by atoms with Crippen LogP contribution in [0, 0.1) is 0 Å². The molecule has 118 valence electrons. The molecule has 0 bridgehead atoms. The number of hydrogen-bond donors (Lipinski definition) is 2. The van der Waals surface area contributed by atoms with Crippen LogP contribution in [0.2, 0.25) is 0 Å². The highest BCUT2D eigenvalue weighted by molar-refractivity contribution is 7.91. The van der Waals surface area contributed by atoms with E-state index in [0.717, 1.165) is 0 Å². The molecule has 2 aromatic heterocycles. The number of hydrogen-bond acceptors (Lipinski definition) is 5. The van der Waals surface area contributed by atoms with Gasteiger partial charge in [0.25, 0.3) is 0 Å². The lowest BCUT2D eigenvalue weighted by Crippen LogP contribution is -2.15. The fraction of sp³-hybridized carbons (Fsp3) is 0.0714. The molecule has 0 aliphatic rings. The third kappa shape index (κ3) is 3.46. The van der Waals surface area contributed by atoms with Gasteiger partial charge in [-0.05, 0) is 5.56 Å². The standard InChI is InChI=1S/C14H12N4O4S/c19-14(20)12-6-13-15-7-11(8-18(13)16-12)17-23(21,22)9-10-4-2-1-3-5-10/h1-8,17H,9H2,(H,19,20). The summed E-state index contributed by atoms with van der Waals surface area (Å²) in [6, 6.07) is 10.1. The van der Waals surface area contributed by atoms with Crippen LogP contribution in [0.25, 0.3) is 5.65 Å². The Hall–Kier alpha value is -2.94. The highest BCUT2D eigenvalue weighted by Crippen LogP contribution is 2.13. The second-order valence-corrected chi connectivity index (χ2v) is 6.55. The van der Waals surface area contributed by atoms with Crippen LogP contribution in [-0.4, -0.2) is 34.1 Å². The number of anilines is 1. The first kappa shape index (κ1) is 15.0. The molecule has 8 nitrogen and oxygen atoms in total. The van der Waals surface area contributed by atoms with Crippen LogP contribution in [0.4, 0.5) is 5.69 Å². The number of carboxylic acid groups (broad SMARTS) is 1. The van der Waals surface area contributed by atoms with Crippen molar-refractivity contribution in [2.24, 2.45) is 0 Å². The predicted octanol–water partition coefficient (Wildman–Crippen LogP) is 1.37. The van der Waals surface area contributed by atoms with E-state index in [1.54, 1.807) is 30.3 Å². The van der Waals surface area contributed by atoms with Gasteiger partial charge in [-0.15, -0.1) is 0 Å². The fourth-order valence-electron chi connectivity index (χ4n) is 2.04. The lowest BCUT2D eigenvalue weighted by molar-refractivity contribution is 0.0690. The molecule has 3 rings (SSSR count). The summed E-state index contributed by atoms with van der Waals surface area (Å²) in [5.41, 5.74) is 1.00. The molecule has 3 aromatic rings. The zero-order chi connectivity index (χ0) is 16.4. The Morgan fingerprint density at radius 3 is 2.70 bits per heavy atom. The van der Waals surface area contributed by atoms with Gasteiger partial charge in [0, 0.05) is 6.07 Å². The molecule has 0 atom stereocenters. The van der Waals surface area contributed by atoms with Crippen molar-refractivity contribution >= 4 is 27.3 Å². The van der Waals surface area contributed by atoms with Crippen LogP contribution < -0.4 is 4.72 Å². The Balaban J connectivity index is 1.84. The van der Waals surface area contributed by atoms with Crippen molar-refractivity contribution in [2.75, 3.05) is 4.72 Å². The normalized spacial score (nSPS) is 11.5. The number of carbonyl (C=O) groups is 1. The van der Waals surface area contributed by atoms with Crippen LogP contribution in [0.15, 0.2) is 48.8 Å². The summed E-state index contributed by atoms with van der Waals surface area (Å²) in [4.78, 5) is 14.9. The first-order valence-electron chi connectivity index (χ1n) is 6.56. The highest BCUT2D eigenvalue weighted by atomic mass is 32.2. The van der Waals surface area contributed by atoms with Gasteiger partial charge in [0.2, 0.25) is 10.0 Å². The number of rotatable bonds is 5. The molecule has 0 aliphatic heterocycles. The van der Waals surface area contributed by atoms with Gasteiger partial charge in [-0.3, -0.25) is 4.72 Å². The lowest BCUT2D eigenvalue weighted by Gasteiger charge is -2.07. The molecule has 0 aliphatic carbocycles. The van der Waals surface area contributed by atoms with E-state index in [9.17, 15) is 13.2 Å². The van der Waals surface area contributed by atoms with Gasteiger partial charge in [-0.25, -0.2) is 22.7 Å². The molecule has 23 heavy (non-hydrogen) atoms. The number of nitrogens with zero attached hydrogens (tertiary/aromatic N) is 3. The number of aromatic nitrogens is 3. The second kappa shape index (κ2) is 5.69. The maximum Gasteiger partial charge on any atom is 0.356 e. The Morgan fingerprint density at radius 1 is 1.26 bits per heavy atom. The first-order chi connectivity index (χ1) is 10.9. The van der Waals surface area contributed by atoms with Gasteiger partial charge in [-0.2, -0.15) is 5.10 Å². The van der Waals surface area contributed by atoms with Crippen LogP contribution in [-0.2, 0) is 15.8 Å². The van der Waals surface area contributed by atoms with E-state index in [4.69, 9.17) is 5.11 Å². The van der Waals surface area contributed by atoms with Gasteiger partial charge >= 0.3 is 5.97 Å². The molecular formula is C14H12N4O4S. The molecule has 1 aromatic carbocycles. The van der Waals surface area contributed by atoms with Crippen molar-refractivity contribution < 1.29 is 18.3 Å². The largest absolute Gasteiger partial charge is 0.476 e. The van der Waals surface area contributed by atoms with Gasteiger partial charge in [0.1, 0.15) is 0 Å². The zero-order valence-electron chi connectivity index (χ0n) is 11.7. The van der Waals surface area contributed by atoms with Crippen molar-refractivity contribution in [3.63, 3.8) is 0 Å². The molecule has 0 saturated heterocycles. The third-order valence-electron chi connectivity index (χ3n) is 3.01. The molecule has 0 radical (unpaired) electrons. The fourth-order valence-corrected chi connectivity index (χ4v) is 3.21. The summed E-state index contributed by atoms with van der Waals surface area (Å²) >= 11 is 0. The number of sulfonamides is 1. The molecule has 0 saturated carbocycles. The Labute approximate surface area is 131 Å². The van der Waals surface area contributed by atoms with Gasteiger partial charge in [0.05, 0.1) is 23.8 Å². The number of nitrogens with one attached hydrogen (secondary N) is 1. The second-order valence-electron chi connectivity index (χ2n) is 4.83. The minimum absolute atomic E-state index is 0.165. The topological polar surface area (TPSA) is 114 Å². The van der Waals surface area contributed by atoms with Gasteiger partial charge in [-0.1, -0.05) is 30.3 Å². The minimum atomic E-state index is -3.61. The molecular weight excluding hydrogens is 320 g/mol. The van der Waals surface area contributed by atoms with E-state index in [-0.39, 0.29) is 17.1 Å². The minimum Gasteiger partial charge on any atom is -0.476 e. The summed E-state index contributed by atoms with van der Waals surface area (Å²) in [6.07, 6.45) is 2.68. The molecule has 0 unspecified atom stereocenters.